The molecule has 0 aromatic rings. The van der Waals surface area contributed by atoms with Crippen molar-refractivity contribution in [2.75, 3.05) is 6.61 Å². The second kappa shape index (κ2) is 3.06. The molecule has 2 bridgehead atoms. The molecular formula is C10H12ClNO4. The lowest BCUT2D eigenvalue weighted by Crippen LogP contribution is -2.48. The predicted octanol–water partition coefficient (Wildman–Crippen LogP) is -0.425. The van der Waals surface area contributed by atoms with Crippen molar-refractivity contribution in [3.63, 3.8) is 0 Å². The van der Waals surface area contributed by atoms with Gasteiger partial charge in [0.25, 0.3) is 0 Å². The van der Waals surface area contributed by atoms with Crippen LogP contribution in [0.4, 0.5) is 0 Å². The van der Waals surface area contributed by atoms with Gasteiger partial charge in [-0.2, -0.15) is 0 Å². The van der Waals surface area contributed by atoms with Crippen LogP contribution in [0.2, 0.25) is 0 Å². The lowest BCUT2D eigenvalue weighted by molar-refractivity contribution is -0.150. The quantitative estimate of drug-likeness (QED) is 0.406. The van der Waals surface area contributed by atoms with Gasteiger partial charge in [0.2, 0.25) is 5.60 Å². The Labute approximate surface area is 98.4 Å². The molecule has 1 saturated heterocycles. The van der Waals surface area contributed by atoms with Gasteiger partial charge in [-0.1, -0.05) is 6.08 Å². The topological polar surface area (TPSA) is 81.9 Å². The molecule has 6 heteroatoms. The first-order valence-electron chi connectivity index (χ1n) is 4.97. The molecule has 1 aliphatic heterocycles. The predicted molar refractivity (Wildman–Crippen MR) is 56.0 cm³/mol. The molecule has 1 spiro atoms. The number of hydrogen-bond donors (Lipinski definition) is 1. The molecule has 5 nitrogen and oxygen atoms in total. The van der Waals surface area contributed by atoms with Crippen LogP contribution in [-0.4, -0.2) is 35.6 Å². The largest absolute Gasteiger partial charge is 0.464 e. The Hall–Kier alpha value is -0.910. The summed E-state index contributed by atoms with van der Waals surface area (Å²) in [5, 5.41) is 0. The summed E-state index contributed by atoms with van der Waals surface area (Å²) in [5.41, 5.74) is 3.54. The number of Topliss-reactive ketones (excluding diaryl/α,β-unsaturated/α-hetero) is 1. The van der Waals surface area contributed by atoms with Crippen molar-refractivity contribution in [3.05, 3.63) is 12.2 Å². The number of carbonyl (C=O) groups excluding carboxylic acids is 2. The summed E-state index contributed by atoms with van der Waals surface area (Å²) in [7, 11) is 0. The van der Waals surface area contributed by atoms with Crippen molar-refractivity contribution >= 4 is 24.2 Å². The minimum absolute atomic E-state index is 0. The molecule has 3 aliphatic rings. The number of ketones is 1. The summed E-state index contributed by atoms with van der Waals surface area (Å²) in [6.45, 7) is 1.97. The van der Waals surface area contributed by atoms with Gasteiger partial charge in [0, 0.05) is 0 Å². The minimum atomic E-state index is -1.22. The smallest absolute Gasteiger partial charge is 0.344 e. The zero-order valence-corrected chi connectivity index (χ0v) is 9.45. The molecule has 2 N–H and O–H groups in total. The van der Waals surface area contributed by atoms with Crippen molar-refractivity contribution in [3.8, 4) is 0 Å². The number of rotatable bonds is 2. The maximum absolute atomic E-state index is 11.8. The van der Waals surface area contributed by atoms with Crippen LogP contribution in [0.5, 0.6) is 0 Å². The van der Waals surface area contributed by atoms with Crippen LogP contribution in [0.1, 0.15) is 6.92 Å². The zero-order valence-electron chi connectivity index (χ0n) is 8.64. The van der Waals surface area contributed by atoms with Gasteiger partial charge in [-0.3, -0.25) is 4.79 Å². The normalized spacial score (nSPS) is 46.2. The fraction of sp³-hybridized carbons (Fsp3) is 0.600. The van der Waals surface area contributed by atoms with E-state index in [-0.39, 0.29) is 30.7 Å². The average molecular weight is 246 g/mol. The van der Waals surface area contributed by atoms with Crippen molar-refractivity contribution in [2.45, 2.75) is 24.2 Å². The maximum Gasteiger partial charge on any atom is 0.344 e. The van der Waals surface area contributed by atoms with E-state index in [0.717, 1.165) is 0 Å². The number of fused-ring (bicyclic) bond motifs is 1. The Balaban J connectivity index is 0.000000963. The van der Waals surface area contributed by atoms with E-state index in [4.69, 9.17) is 15.2 Å². The molecule has 1 heterocycles. The standard InChI is InChI=1S/C10H11NO4.ClH/c1-2-14-8(13)10-6(11)5-3-4-9(10,15-10)7(5)12;/h3-6H,2,11H2,1H3;1H. The summed E-state index contributed by atoms with van der Waals surface area (Å²) >= 11 is 0. The number of carbonyl (C=O) groups is 2. The lowest BCUT2D eigenvalue weighted by Gasteiger charge is -2.18. The molecule has 4 unspecified atom stereocenters. The van der Waals surface area contributed by atoms with Gasteiger partial charge in [0.05, 0.1) is 18.6 Å². The van der Waals surface area contributed by atoms with Gasteiger partial charge in [0.1, 0.15) is 0 Å². The maximum atomic E-state index is 11.8. The van der Waals surface area contributed by atoms with E-state index < -0.39 is 23.2 Å². The minimum Gasteiger partial charge on any atom is -0.464 e. The Kier molecular flexibility index (Phi) is 2.21. The van der Waals surface area contributed by atoms with Crippen LogP contribution < -0.4 is 5.73 Å². The molecule has 0 radical (unpaired) electrons. The van der Waals surface area contributed by atoms with E-state index in [1.165, 1.54) is 0 Å². The van der Waals surface area contributed by atoms with Crippen LogP contribution in [-0.2, 0) is 19.1 Å². The van der Waals surface area contributed by atoms with Crippen LogP contribution in [0.15, 0.2) is 12.2 Å². The number of ether oxygens (including phenoxy) is 2. The van der Waals surface area contributed by atoms with Gasteiger partial charge >= 0.3 is 5.97 Å². The highest BCUT2D eigenvalue weighted by Crippen LogP contribution is 2.63. The molecule has 0 aromatic heterocycles. The zero-order chi connectivity index (χ0) is 10.8. The molecule has 88 valence electrons. The summed E-state index contributed by atoms with van der Waals surface area (Å²) in [4.78, 5) is 23.5. The average Bonchev–Trinajstić information content (AvgIpc) is 2.77. The molecule has 1 saturated carbocycles. The molecule has 2 fully saturated rings. The molecule has 2 aliphatic carbocycles. The summed E-state index contributed by atoms with van der Waals surface area (Å²) in [6, 6.07) is -0.603. The monoisotopic (exact) mass is 245 g/mol. The third-order valence-corrected chi connectivity index (χ3v) is 3.47. The van der Waals surface area contributed by atoms with E-state index in [0.29, 0.717) is 0 Å². The molecule has 3 rings (SSSR count). The fourth-order valence-corrected chi connectivity index (χ4v) is 2.69. The lowest BCUT2D eigenvalue weighted by atomic mass is 9.89. The van der Waals surface area contributed by atoms with E-state index in [9.17, 15) is 9.59 Å². The molecule has 0 aromatic carbocycles. The van der Waals surface area contributed by atoms with E-state index >= 15 is 0 Å². The van der Waals surface area contributed by atoms with Gasteiger partial charge in [-0.05, 0) is 13.0 Å². The van der Waals surface area contributed by atoms with Crippen LogP contribution in [0.3, 0.4) is 0 Å². The van der Waals surface area contributed by atoms with E-state index in [2.05, 4.69) is 0 Å². The Bertz CT molecular complexity index is 410. The summed E-state index contributed by atoms with van der Waals surface area (Å²) < 4.78 is 10.2. The number of hydrogen-bond acceptors (Lipinski definition) is 5. The first kappa shape index (κ1) is 11.6. The summed E-state index contributed by atoms with van der Waals surface area (Å²) in [6.07, 6.45) is 3.36. The van der Waals surface area contributed by atoms with Crippen LogP contribution in [0.25, 0.3) is 0 Å². The third kappa shape index (κ3) is 0.863. The fourth-order valence-electron chi connectivity index (χ4n) is 2.69. The first-order valence-corrected chi connectivity index (χ1v) is 4.97. The van der Waals surface area contributed by atoms with Gasteiger partial charge in [-0.15, -0.1) is 12.4 Å². The molecule has 0 amide bonds. The van der Waals surface area contributed by atoms with E-state index in [1.807, 2.05) is 0 Å². The Morgan fingerprint density at radius 2 is 2.38 bits per heavy atom. The molecule has 16 heavy (non-hydrogen) atoms. The molecular weight excluding hydrogens is 234 g/mol. The summed E-state index contributed by atoms with van der Waals surface area (Å²) in [5.74, 6) is -1.01. The second-order valence-electron chi connectivity index (χ2n) is 4.07. The highest BCUT2D eigenvalue weighted by molar-refractivity contribution is 6.12. The van der Waals surface area contributed by atoms with E-state index in [1.54, 1.807) is 19.1 Å². The van der Waals surface area contributed by atoms with Gasteiger partial charge in [0.15, 0.2) is 11.4 Å². The number of esters is 1. The number of nitrogens with two attached hydrogens (primary N) is 1. The van der Waals surface area contributed by atoms with Crippen molar-refractivity contribution in [1.29, 1.82) is 0 Å². The Morgan fingerprint density at radius 3 is 2.88 bits per heavy atom. The highest BCUT2D eigenvalue weighted by Gasteiger charge is 2.89. The van der Waals surface area contributed by atoms with Crippen LogP contribution >= 0.6 is 12.4 Å². The van der Waals surface area contributed by atoms with Gasteiger partial charge in [-0.25, -0.2) is 4.79 Å². The number of halogens is 1. The SMILES string of the molecule is CCOC(=O)C12OC13C=CC(C3=O)C2N.Cl. The van der Waals surface area contributed by atoms with Crippen molar-refractivity contribution < 1.29 is 19.1 Å². The second-order valence-corrected chi connectivity index (χ2v) is 4.07. The van der Waals surface area contributed by atoms with Crippen molar-refractivity contribution in [1.82, 2.24) is 0 Å². The number of epoxide rings is 1. The van der Waals surface area contributed by atoms with Crippen molar-refractivity contribution in [2.24, 2.45) is 11.7 Å². The highest BCUT2D eigenvalue weighted by atomic mass is 35.5. The first-order chi connectivity index (χ1) is 7.10. The third-order valence-electron chi connectivity index (χ3n) is 3.47. The van der Waals surface area contributed by atoms with Crippen LogP contribution in [0, 0.1) is 5.92 Å². The Morgan fingerprint density at radius 1 is 1.69 bits per heavy atom. The van der Waals surface area contributed by atoms with Gasteiger partial charge < -0.3 is 15.2 Å². The molecule has 4 atom stereocenters.